The molecule has 2 aliphatic heterocycles. The number of aliphatic hydroxyl groups is 8. The first kappa shape index (κ1) is 33.7. The molecule has 4 saturated carbocycles. The molecular weight excluding hydrogens is 592 g/mol. The SMILES string of the molecule is C=C1C[C@]23CC[C@@H]4[C@](C)(CCC[C@]4(C)C(=O)O[C@H]4O[C@H](CO)[C@H](O)[C@H](O)[C@@H]4O)[C@H]2CC[C@@]1(O[C@H]1O[C@@H](CO)[C@H](O)[C@H](O)[C@@H]1O)C3. The van der Waals surface area contributed by atoms with E-state index in [1.807, 2.05) is 6.92 Å². The number of carbonyl (C=O) groups is 1. The van der Waals surface area contributed by atoms with E-state index in [1.54, 1.807) is 0 Å². The highest BCUT2D eigenvalue weighted by molar-refractivity contribution is 5.77. The fourth-order valence-electron chi connectivity index (χ4n) is 10.5. The van der Waals surface area contributed by atoms with Gasteiger partial charge in [-0.3, -0.25) is 4.79 Å². The van der Waals surface area contributed by atoms with Crippen LogP contribution in [0.4, 0.5) is 0 Å². The normalized spacial score (nSPS) is 54.7. The third-order valence-electron chi connectivity index (χ3n) is 12.9. The van der Waals surface area contributed by atoms with Crippen molar-refractivity contribution in [1.82, 2.24) is 0 Å². The van der Waals surface area contributed by atoms with Crippen molar-refractivity contribution in [2.24, 2.45) is 28.1 Å². The smallest absolute Gasteiger partial charge is 0.314 e. The number of rotatable bonds is 6. The van der Waals surface area contributed by atoms with Gasteiger partial charge in [0.2, 0.25) is 6.29 Å². The van der Waals surface area contributed by atoms with E-state index in [0.29, 0.717) is 25.7 Å². The Morgan fingerprint density at radius 1 is 0.800 bits per heavy atom. The van der Waals surface area contributed by atoms with Crippen LogP contribution in [0.3, 0.4) is 0 Å². The molecule has 16 atom stereocenters. The maximum absolute atomic E-state index is 13.9. The minimum absolute atomic E-state index is 0.0421. The predicted molar refractivity (Wildman–Crippen MR) is 154 cm³/mol. The van der Waals surface area contributed by atoms with Crippen LogP contribution in [0.25, 0.3) is 0 Å². The van der Waals surface area contributed by atoms with Crippen molar-refractivity contribution in [3.63, 3.8) is 0 Å². The Labute approximate surface area is 262 Å². The van der Waals surface area contributed by atoms with Gasteiger partial charge in [-0.25, -0.2) is 0 Å². The molecule has 8 N–H and O–H groups in total. The lowest BCUT2D eigenvalue weighted by atomic mass is 9.41. The minimum Gasteiger partial charge on any atom is -0.432 e. The number of ether oxygens (including phenoxy) is 4. The van der Waals surface area contributed by atoms with Gasteiger partial charge in [0, 0.05) is 0 Å². The molecule has 13 nitrogen and oxygen atoms in total. The van der Waals surface area contributed by atoms with Crippen LogP contribution in [0.15, 0.2) is 12.2 Å². The van der Waals surface area contributed by atoms with Crippen LogP contribution < -0.4 is 0 Å². The van der Waals surface area contributed by atoms with Crippen LogP contribution >= 0.6 is 0 Å². The minimum atomic E-state index is -1.67. The molecule has 1 spiro atoms. The summed E-state index contributed by atoms with van der Waals surface area (Å²) in [5.74, 6) is -0.348. The second kappa shape index (κ2) is 11.7. The van der Waals surface area contributed by atoms with Crippen LogP contribution in [-0.2, 0) is 23.7 Å². The third-order valence-corrected chi connectivity index (χ3v) is 12.9. The van der Waals surface area contributed by atoms with Crippen LogP contribution in [0.1, 0.15) is 71.6 Å². The van der Waals surface area contributed by atoms with Gasteiger partial charge in [-0.1, -0.05) is 19.9 Å². The Morgan fingerprint density at radius 2 is 1.38 bits per heavy atom. The van der Waals surface area contributed by atoms with E-state index in [4.69, 9.17) is 18.9 Å². The molecule has 0 amide bonds. The van der Waals surface area contributed by atoms with Gasteiger partial charge >= 0.3 is 5.97 Å². The van der Waals surface area contributed by atoms with Crippen molar-refractivity contribution in [1.29, 1.82) is 0 Å². The van der Waals surface area contributed by atoms with Crippen molar-refractivity contribution in [2.45, 2.75) is 139 Å². The molecular formula is C32H50O13. The molecule has 4 aliphatic carbocycles. The number of hydrogen-bond acceptors (Lipinski definition) is 13. The molecule has 45 heavy (non-hydrogen) atoms. The van der Waals surface area contributed by atoms with E-state index >= 15 is 0 Å². The summed E-state index contributed by atoms with van der Waals surface area (Å²) >= 11 is 0. The second-order valence-electron chi connectivity index (χ2n) is 15.2. The zero-order valence-electron chi connectivity index (χ0n) is 26.0. The van der Waals surface area contributed by atoms with E-state index in [1.165, 1.54) is 0 Å². The molecule has 0 unspecified atom stereocenters. The summed E-state index contributed by atoms with van der Waals surface area (Å²) in [6.45, 7) is 7.41. The zero-order valence-corrected chi connectivity index (χ0v) is 26.0. The highest BCUT2D eigenvalue weighted by atomic mass is 16.7. The summed E-state index contributed by atoms with van der Waals surface area (Å²) in [7, 11) is 0. The van der Waals surface area contributed by atoms with Crippen molar-refractivity contribution in [3.05, 3.63) is 12.2 Å². The number of fused-ring (bicyclic) bond motifs is 3. The molecule has 0 aromatic carbocycles. The van der Waals surface area contributed by atoms with Gasteiger partial charge in [-0.2, -0.15) is 0 Å². The lowest BCUT2D eigenvalue weighted by molar-refractivity contribution is -0.327. The first-order chi connectivity index (χ1) is 21.2. The summed E-state index contributed by atoms with van der Waals surface area (Å²) < 4.78 is 23.4. The second-order valence-corrected chi connectivity index (χ2v) is 15.2. The van der Waals surface area contributed by atoms with Crippen molar-refractivity contribution >= 4 is 5.97 Å². The van der Waals surface area contributed by atoms with Gasteiger partial charge < -0.3 is 59.8 Å². The molecule has 2 bridgehead atoms. The van der Waals surface area contributed by atoms with Gasteiger partial charge in [-0.15, -0.1) is 0 Å². The number of hydrogen-bond donors (Lipinski definition) is 8. The number of esters is 1. The highest BCUT2D eigenvalue weighted by Crippen LogP contribution is 2.73. The Hall–Kier alpha value is -1.23. The maximum atomic E-state index is 13.9. The fourth-order valence-corrected chi connectivity index (χ4v) is 10.5. The Balaban J connectivity index is 1.20. The molecule has 0 radical (unpaired) electrons. The monoisotopic (exact) mass is 642 g/mol. The third kappa shape index (κ3) is 5.04. The van der Waals surface area contributed by atoms with Gasteiger partial charge in [0.25, 0.3) is 0 Å². The van der Waals surface area contributed by atoms with Gasteiger partial charge in [-0.05, 0) is 86.5 Å². The molecule has 6 fully saturated rings. The molecule has 6 rings (SSSR count). The Bertz CT molecular complexity index is 1150. The molecule has 0 aromatic rings. The predicted octanol–water partition coefficient (Wildman–Crippen LogP) is -0.762. The van der Waals surface area contributed by atoms with Crippen LogP contribution in [0, 0.1) is 28.1 Å². The maximum Gasteiger partial charge on any atom is 0.314 e. The zero-order chi connectivity index (χ0) is 32.7. The average Bonchev–Trinajstić information content (AvgIpc) is 3.20. The molecule has 0 aromatic heterocycles. The quantitative estimate of drug-likeness (QED) is 0.102. The van der Waals surface area contributed by atoms with Crippen molar-refractivity contribution < 1.29 is 64.6 Å². The lowest BCUT2D eigenvalue weighted by Gasteiger charge is -2.64. The summed E-state index contributed by atoms with van der Waals surface area (Å²) in [5.41, 5.74) is -1.20. The van der Waals surface area contributed by atoms with E-state index in [0.717, 1.165) is 37.7 Å². The first-order valence-corrected chi connectivity index (χ1v) is 16.3. The van der Waals surface area contributed by atoms with E-state index in [-0.39, 0.29) is 22.7 Å². The number of aliphatic hydroxyl groups excluding tert-OH is 8. The molecule has 256 valence electrons. The van der Waals surface area contributed by atoms with Crippen molar-refractivity contribution in [2.75, 3.05) is 13.2 Å². The van der Waals surface area contributed by atoms with E-state index in [9.17, 15) is 45.6 Å². The van der Waals surface area contributed by atoms with Gasteiger partial charge in [0.15, 0.2) is 6.29 Å². The number of carbonyl (C=O) groups excluding carboxylic acids is 1. The average molecular weight is 643 g/mol. The van der Waals surface area contributed by atoms with Crippen LogP contribution in [0.2, 0.25) is 0 Å². The molecule has 13 heteroatoms. The topological polar surface area (TPSA) is 216 Å². The van der Waals surface area contributed by atoms with Crippen LogP contribution in [0.5, 0.6) is 0 Å². The van der Waals surface area contributed by atoms with Gasteiger partial charge in [0.1, 0.15) is 48.8 Å². The molecule has 2 saturated heterocycles. The van der Waals surface area contributed by atoms with Gasteiger partial charge in [0.05, 0.1) is 24.2 Å². The summed E-state index contributed by atoms with van der Waals surface area (Å²) in [6, 6.07) is 0. The summed E-state index contributed by atoms with van der Waals surface area (Å²) in [4.78, 5) is 13.9. The Kier molecular flexibility index (Phi) is 8.77. The fraction of sp³-hybridized carbons (Fsp3) is 0.906. The Morgan fingerprint density at radius 3 is 2.00 bits per heavy atom. The highest BCUT2D eigenvalue weighted by Gasteiger charge is 2.69. The van der Waals surface area contributed by atoms with E-state index < -0.39 is 91.6 Å². The first-order valence-electron chi connectivity index (χ1n) is 16.3. The van der Waals surface area contributed by atoms with E-state index in [2.05, 4.69) is 13.5 Å². The van der Waals surface area contributed by atoms with Crippen LogP contribution in [-0.4, -0.2) is 127 Å². The lowest BCUT2D eigenvalue weighted by Crippen LogP contribution is -2.63. The standard InChI is InChI=1S/C32H50O13/c1-15-11-31-9-5-18-29(2,7-4-8-30(18,3)28(41)44-26-24(39)22(37)20(35)16(12-33)42-26)19(31)6-10-32(15,14-31)45-27-25(40)23(38)21(36)17(13-34)43-27/h16-27,33-40H,1,4-14H2,2-3H3/t16-,17+,18-,19-,20+,21+,22+,23+,24+,25+,26-,27-,29+,30+,31+,32-/m1/s1. The molecule has 6 aliphatic rings. The molecule has 2 heterocycles. The largest absolute Gasteiger partial charge is 0.432 e. The van der Waals surface area contributed by atoms with Crippen molar-refractivity contribution in [3.8, 4) is 0 Å². The summed E-state index contributed by atoms with van der Waals surface area (Å²) in [5, 5.41) is 81.4. The summed E-state index contributed by atoms with van der Waals surface area (Å²) in [6.07, 6.45) is -7.82.